The fourth-order valence-corrected chi connectivity index (χ4v) is 2.83. The van der Waals surface area contributed by atoms with Gasteiger partial charge in [-0.3, -0.25) is 0 Å². The molecule has 8 heteroatoms. The van der Waals surface area contributed by atoms with Crippen LogP contribution < -0.4 is 14.7 Å². The van der Waals surface area contributed by atoms with E-state index in [0.717, 1.165) is 11.1 Å². The van der Waals surface area contributed by atoms with E-state index in [1.165, 1.54) is 0 Å². The molecule has 3 aromatic rings. The van der Waals surface area contributed by atoms with Gasteiger partial charge in [-0.25, -0.2) is 0 Å². The quantitative estimate of drug-likeness (QED) is 0.632. The standard InChI is InChI=1S/C21H26N6O2/c1-25(2)19-22-20(26(3)13-15-9-5-7-11-17(15)28)24-21(23-19)27(4)14-16-10-6-8-12-18(16)29/h5-12,28-29H,13-14H2,1-4H3. The molecule has 3 rings (SSSR count). The summed E-state index contributed by atoms with van der Waals surface area (Å²) in [5, 5.41) is 20.1. The molecule has 0 aliphatic rings. The molecule has 1 aromatic heterocycles. The molecular weight excluding hydrogens is 368 g/mol. The van der Waals surface area contributed by atoms with Crippen molar-refractivity contribution in [1.29, 1.82) is 0 Å². The lowest BCUT2D eigenvalue weighted by atomic mass is 10.2. The summed E-state index contributed by atoms with van der Waals surface area (Å²) in [6.45, 7) is 0.901. The Morgan fingerprint density at radius 2 is 1.00 bits per heavy atom. The molecule has 0 fully saturated rings. The van der Waals surface area contributed by atoms with E-state index in [4.69, 9.17) is 0 Å². The molecule has 0 atom stereocenters. The van der Waals surface area contributed by atoms with Crippen LogP contribution in [0.2, 0.25) is 0 Å². The zero-order chi connectivity index (χ0) is 21.0. The maximum atomic E-state index is 10.1. The summed E-state index contributed by atoms with van der Waals surface area (Å²) in [5.74, 6) is 1.98. The minimum absolute atomic E-state index is 0.234. The summed E-state index contributed by atoms with van der Waals surface area (Å²) in [6.07, 6.45) is 0. The van der Waals surface area contributed by atoms with Gasteiger partial charge < -0.3 is 24.9 Å². The van der Waals surface area contributed by atoms with Crippen molar-refractivity contribution in [1.82, 2.24) is 15.0 Å². The zero-order valence-corrected chi connectivity index (χ0v) is 17.1. The summed E-state index contributed by atoms with van der Waals surface area (Å²) in [5.41, 5.74) is 1.57. The molecule has 0 spiro atoms. The minimum Gasteiger partial charge on any atom is -0.508 e. The lowest BCUT2D eigenvalue weighted by Crippen LogP contribution is -2.26. The lowest BCUT2D eigenvalue weighted by molar-refractivity contribution is 0.467. The third-order valence-corrected chi connectivity index (χ3v) is 4.48. The number of aromatic nitrogens is 3. The largest absolute Gasteiger partial charge is 0.508 e. The first-order chi connectivity index (χ1) is 13.8. The fourth-order valence-electron chi connectivity index (χ4n) is 2.83. The SMILES string of the molecule is CN(C)c1nc(N(C)Cc2ccccc2O)nc(N(C)Cc2ccccc2O)n1. The Hall–Kier alpha value is -3.55. The van der Waals surface area contributed by atoms with E-state index in [2.05, 4.69) is 15.0 Å². The van der Waals surface area contributed by atoms with E-state index in [9.17, 15) is 10.2 Å². The molecule has 2 N–H and O–H groups in total. The lowest BCUT2D eigenvalue weighted by Gasteiger charge is -2.23. The Kier molecular flexibility index (Phi) is 6.01. The van der Waals surface area contributed by atoms with Crippen LogP contribution >= 0.6 is 0 Å². The van der Waals surface area contributed by atoms with Crippen molar-refractivity contribution in [3.05, 3.63) is 59.7 Å². The number of para-hydroxylation sites is 2. The Morgan fingerprint density at radius 1 is 0.621 bits per heavy atom. The Bertz CT molecular complexity index is 907. The third kappa shape index (κ3) is 4.84. The van der Waals surface area contributed by atoms with Crippen molar-refractivity contribution in [3.63, 3.8) is 0 Å². The monoisotopic (exact) mass is 394 g/mol. The molecule has 2 aromatic carbocycles. The summed E-state index contributed by atoms with van der Waals surface area (Å²) in [7, 11) is 7.48. The maximum Gasteiger partial charge on any atom is 0.232 e. The number of hydrogen-bond acceptors (Lipinski definition) is 8. The highest BCUT2D eigenvalue weighted by molar-refractivity contribution is 5.47. The molecule has 0 saturated heterocycles. The molecule has 0 saturated carbocycles. The van der Waals surface area contributed by atoms with E-state index in [1.54, 1.807) is 24.3 Å². The summed E-state index contributed by atoms with van der Waals surface area (Å²) < 4.78 is 0. The van der Waals surface area contributed by atoms with Gasteiger partial charge in [-0.15, -0.1) is 0 Å². The van der Waals surface area contributed by atoms with Crippen LogP contribution in [-0.2, 0) is 13.1 Å². The second-order valence-electron chi connectivity index (χ2n) is 7.10. The molecule has 8 nitrogen and oxygen atoms in total. The summed E-state index contributed by atoms with van der Waals surface area (Å²) in [4.78, 5) is 19.2. The smallest absolute Gasteiger partial charge is 0.232 e. The van der Waals surface area contributed by atoms with Gasteiger partial charge in [0.25, 0.3) is 0 Å². The van der Waals surface area contributed by atoms with Crippen molar-refractivity contribution in [2.45, 2.75) is 13.1 Å². The summed E-state index contributed by atoms with van der Waals surface area (Å²) >= 11 is 0. The van der Waals surface area contributed by atoms with Gasteiger partial charge in [0.15, 0.2) is 0 Å². The van der Waals surface area contributed by atoms with Gasteiger partial charge in [0, 0.05) is 52.4 Å². The van der Waals surface area contributed by atoms with Crippen LogP contribution in [0.3, 0.4) is 0 Å². The molecule has 152 valence electrons. The third-order valence-electron chi connectivity index (χ3n) is 4.48. The van der Waals surface area contributed by atoms with Crippen molar-refractivity contribution in [2.75, 3.05) is 42.9 Å². The average Bonchev–Trinajstić information content (AvgIpc) is 2.71. The second kappa shape index (κ2) is 8.64. The number of benzene rings is 2. The van der Waals surface area contributed by atoms with E-state index in [0.29, 0.717) is 30.9 Å². The van der Waals surface area contributed by atoms with Gasteiger partial charge in [0.2, 0.25) is 17.8 Å². The first-order valence-electron chi connectivity index (χ1n) is 9.24. The van der Waals surface area contributed by atoms with Crippen LogP contribution in [0, 0.1) is 0 Å². The number of hydrogen-bond donors (Lipinski definition) is 2. The maximum absolute atomic E-state index is 10.1. The first-order valence-corrected chi connectivity index (χ1v) is 9.24. The highest BCUT2D eigenvalue weighted by Crippen LogP contribution is 2.24. The van der Waals surface area contributed by atoms with E-state index >= 15 is 0 Å². The highest BCUT2D eigenvalue weighted by atomic mass is 16.3. The number of anilines is 3. The Morgan fingerprint density at radius 3 is 1.38 bits per heavy atom. The zero-order valence-electron chi connectivity index (χ0n) is 17.1. The van der Waals surface area contributed by atoms with Crippen molar-refractivity contribution in [2.24, 2.45) is 0 Å². The van der Waals surface area contributed by atoms with E-state index < -0.39 is 0 Å². The number of rotatable bonds is 7. The molecule has 1 heterocycles. The number of phenols is 2. The van der Waals surface area contributed by atoms with E-state index in [1.807, 2.05) is 67.2 Å². The minimum atomic E-state index is 0.234. The number of nitrogens with zero attached hydrogens (tertiary/aromatic N) is 6. The highest BCUT2D eigenvalue weighted by Gasteiger charge is 2.16. The van der Waals surface area contributed by atoms with Crippen LogP contribution in [0.1, 0.15) is 11.1 Å². The molecule has 0 aliphatic carbocycles. The topological polar surface area (TPSA) is 88.9 Å². The second-order valence-corrected chi connectivity index (χ2v) is 7.10. The molecule has 0 unspecified atom stereocenters. The molecule has 0 aliphatic heterocycles. The fraction of sp³-hybridized carbons (Fsp3) is 0.286. The van der Waals surface area contributed by atoms with Crippen LogP contribution in [0.4, 0.5) is 17.8 Å². The molecular formula is C21H26N6O2. The van der Waals surface area contributed by atoms with Crippen molar-refractivity contribution in [3.8, 4) is 11.5 Å². The van der Waals surface area contributed by atoms with Crippen molar-refractivity contribution < 1.29 is 10.2 Å². The summed E-state index contributed by atoms with van der Waals surface area (Å²) in [6, 6.07) is 14.4. The Balaban J connectivity index is 1.89. The first kappa shape index (κ1) is 20.2. The Labute approximate surface area is 170 Å². The van der Waals surface area contributed by atoms with Gasteiger partial charge in [-0.1, -0.05) is 36.4 Å². The average molecular weight is 394 g/mol. The van der Waals surface area contributed by atoms with Gasteiger partial charge in [-0.05, 0) is 12.1 Å². The predicted octanol–water partition coefficient (Wildman–Crippen LogP) is 2.62. The number of aromatic hydroxyl groups is 2. The number of phenolic OH excluding ortho intramolecular Hbond substituents is 2. The predicted molar refractivity (Wildman–Crippen MR) is 115 cm³/mol. The molecule has 0 bridgehead atoms. The van der Waals surface area contributed by atoms with Crippen molar-refractivity contribution >= 4 is 17.8 Å². The van der Waals surface area contributed by atoms with Crippen LogP contribution in [0.25, 0.3) is 0 Å². The van der Waals surface area contributed by atoms with Gasteiger partial charge in [-0.2, -0.15) is 15.0 Å². The van der Waals surface area contributed by atoms with Crippen LogP contribution in [-0.4, -0.2) is 53.4 Å². The molecule has 29 heavy (non-hydrogen) atoms. The van der Waals surface area contributed by atoms with Gasteiger partial charge in [0.1, 0.15) is 11.5 Å². The van der Waals surface area contributed by atoms with Crippen LogP contribution in [0.5, 0.6) is 11.5 Å². The molecule has 0 amide bonds. The van der Waals surface area contributed by atoms with Gasteiger partial charge in [0.05, 0.1) is 0 Å². The van der Waals surface area contributed by atoms with E-state index in [-0.39, 0.29) is 11.5 Å². The van der Waals surface area contributed by atoms with Gasteiger partial charge >= 0.3 is 0 Å². The molecule has 0 radical (unpaired) electrons. The van der Waals surface area contributed by atoms with Crippen LogP contribution in [0.15, 0.2) is 48.5 Å². The normalized spacial score (nSPS) is 10.6.